The number of aromatic nitrogens is 1. The van der Waals surface area contributed by atoms with Gasteiger partial charge >= 0.3 is 0 Å². The van der Waals surface area contributed by atoms with E-state index < -0.39 is 9.84 Å². The molecule has 0 bridgehead atoms. The van der Waals surface area contributed by atoms with Gasteiger partial charge in [-0.05, 0) is 54.4 Å². The van der Waals surface area contributed by atoms with Crippen LogP contribution >= 0.6 is 22.9 Å². The minimum Gasteiger partial charge on any atom is -0.323 e. The highest BCUT2D eigenvalue weighted by Gasteiger charge is 2.29. The van der Waals surface area contributed by atoms with Gasteiger partial charge in [-0.3, -0.25) is 14.7 Å². The fourth-order valence-corrected chi connectivity index (χ4v) is 6.61. The minimum absolute atomic E-state index is 0.0153. The van der Waals surface area contributed by atoms with Gasteiger partial charge in [0.25, 0.3) is 0 Å². The minimum atomic E-state index is -3.56. The van der Waals surface area contributed by atoms with Crippen molar-refractivity contribution in [3.05, 3.63) is 57.8 Å². The third kappa shape index (κ3) is 5.74. The summed E-state index contributed by atoms with van der Waals surface area (Å²) in [5.74, 6) is -0.158. The number of fused-ring (bicyclic) bond motifs is 1. The predicted octanol–water partition coefficient (Wildman–Crippen LogP) is 4.17. The summed E-state index contributed by atoms with van der Waals surface area (Å²) in [4.78, 5) is 20.8. The zero-order valence-electron chi connectivity index (χ0n) is 18.6. The van der Waals surface area contributed by atoms with Gasteiger partial charge in [0, 0.05) is 43.2 Å². The van der Waals surface area contributed by atoms with E-state index in [4.69, 9.17) is 11.6 Å². The van der Waals surface area contributed by atoms with E-state index in [1.807, 2.05) is 17.6 Å². The molecule has 0 N–H and O–H groups in total. The lowest BCUT2D eigenvalue weighted by atomic mass is 9.97. The first-order chi connectivity index (χ1) is 15.9. The van der Waals surface area contributed by atoms with Crippen LogP contribution < -0.4 is 4.80 Å². The normalized spacial score (nSPS) is 18.1. The van der Waals surface area contributed by atoms with Crippen molar-refractivity contribution in [2.75, 3.05) is 25.9 Å². The molecule has 0 radical (unpaired) electrons. The number of rotatable bonds is 8. The van der Waals surface area contributed by atoms with Crippen LogP contribution in [0.15, 0.2) is 57.9 Å². The Morgan fingerprint density at radius 3 is 2.76 bits per heavy atom. The molecule has 2 heterocycles. The molecule has 33 heavy (non-hydrogen) atoms. The van der Waals surface area contributed by atoms with Gasteiger partial charge in [0.05, 0.1) is 16.7 Å². The first-order valence-electron chi connectivity index (χ1n) is 11.1. The Morgan fingerprint density at radius 2 is 1.94 bits per heavy atom. The molecule has 3 aromatic rings. The number of ketones is 1. The molecule has 176 valence electrons. The molecule has 1 aliphatic heterocycles. The lowest BCUT2D eigenvalue weighted by Gasteiger charge is -2.34. The van der Waals surface area contributed by atoms with Crippen molar-refractivity contribution in [2.45, 2.75) is 43.2 Å². The number of hydrogen-bond donors (Lipinski definition) is 0. The lowest BCUT2D eigenvalue weighted by Crippen LogP contribution is -2.46. The Balaban J connectivity index is 1.41. The maximum Gasteiger partial charge on any atom is 0.184 e. The molecule has 1 unspecified atom stereocenters. The van der Waals surface area contributed by atoms with Crippen molar-refractivity contribution in [1.29, 1.82) is 0 Å². The number of Topliss-reactive ketones (excluding diaryl/α,β-unsaturated/α-hetero) is 1. The largest absolute Gasteiger partial charge is 0.323 e. The number of piperidine rings is 1. The highest BCUT2D eigenvalue weighted by Crippen LogP contribution is 2.24. The van der Waals surface area contributed by atoms with E-state index in [1.165, 1.54) is 0 Å². The summed E-state index contributed by atoms with van der Waals surface area (Å²) in [6, 6.07) is 10.2. The van der Waals surface area contributed by atoms with Crippen molar-refractivity contribution >= 4 is 49.3 Å². The van der Waals surface area contributed by atoms with Gasteiger partial charge in [0.1, 0.15) is 0 Å². The van der Waals surface area contributed by atoms with Crippen molar-refractivity contribution in [1.82, 2.24) is 9.47 Å². The molecular formula is C24H28ClN3O3S2. The topological polar surface area (TPSA) is 71.7 Å². The van der Waals surface area contributed by atoms with E-state index in [2.05, 4.69) is 14.5 Å². The van der Waals surface area contributed by atoms with Gasteiger partial charge in [0.2, 0.25) is 0 Å². The van der Waals surface area contributed by atoms with Gasteiger partial charge in [-0.25, -0.2) is 8.42 Å². The Labute approximate surface area is 203 Å². The molecule has 2 aromatic carbocycles. The second-order valence-corrected chi connectivity index (χ2v) is 11.8. The maximum atomic E-state index is 13.1. The zero-order chi connectivity index (χ0) is 23.4. The van der Waals surface area contributed by atoms with Crippen LogP contribution in [0.25, 0.3) is 10.8 Å². The molecule has 1 fully saturated rings. The number of carbonyl (C=O) groups is 1. The van der Waals surface area contributed by atoms with Crippen LogP contribution in [0.2, 0.25) is 5.02 Å². The van der Waals surface area contributed by atoms with Crippen molar-refractivity contribution < 1.29 is 13.2 Å². The highest BCUT2D eigenvalue weighted by molar-refractivity contribution is 7.91. The summed E-state index contributed by atoms with van der Waals surface area (Å²) in [5.41, 5.74) is 0. The molecule has 1 atom stereocenters. The van der Waals surface area contributed by atoms with Crippen LogP contribution in [-0.4, -0.2) is 55.6 Å². The Hall–Kier alpha value is -2.00. The number of benzene rings is 2. The van der Waals surface area contributed by atoms with E-state index in [1.54, 1.807) is 48.7 Å². The number of thiazole rings is 1. The average Bonchev–Trinajstić information content (AvgIpc) is 3.28. The standard InChI is InChI=1S/C24H28ClN3O3S2/c1-26-24-28(13-14-32-24)12-11-27-10-3-2-4-22(27)23(29)9-15-33(30,31)21-8-6-18-16-20(25)7-5-19(18)17-21/h5-8,13-14,16-17,22H,2-4,9-12,15H2,1H3. The maximum absolute atomic E-state index is 13.1. The number of nitrogens with zero attached hydrogens (tertiary/aromatic N) is 3. The van der Waals surface area contributed by atoms with Gasteiger partial charge in [-0.2, -0.15) is 0 Å². The number of likely N-dealkylation sites (tertiary alicyclic amines) is 1. The van der Waals surface area contributed by atoms with Crippen LogP contribution in [0.1, 0.15) is 25.7 Å². The molecule has 9 heteroatoms. The van der Waals surface area contributed by atoms with Crippen LogP contribution in [0.5, 0.6) is 0 Å². The molecule has 0 amide bonds. The molecule has 0 aliphatic carbocycles. The van der Waals surface area contributed by atoms with Gasteiger partial charge in [0.15, 0.2) is 20.4 Å². The number of sulfone groups is 1. The van der Waals surface area contributed by atoms with Gasteiger partial charge < -0.3 is 4.57 Å². The van der Waals surface area contributed by atoms with E-state index in [9.17, 15) is 13.2 Å². The van der Waals surface area contributed by atoms with Crippen molar-refractivity contribution in [3.8, 4) is 0 Å². The first-order valence-corrected chi connectivity index (χ1v) is 14.0. The molecule has 1 aromatic heterocycles. The molecule has 0 spiro atoms. The van der Waals surface area contributed by atoms with E-state index in [-0.39, 0.29) is 28.9 Å². The second kappa shape index (κ2) is 10.5. The third-order valence-corrected chi connectivity index (χ3v) is 9.05. The second-order valence-electron chi connectivity index (χ2n) is 8.34. The number of carbonyl (C=O) groups excluding carboxylic acids is 1. The quantitative estimate of drug-likeness (QED) is 0.460. The fourth-order valence-electron chi connectivity index (χ4n) is 4.41. The van der Waals surface area contributed by atoms with E-state index in [0.717, 1.165) is 54.5 Å². The average molecular weight is 506 g/mol. The summed E-state index contributed by atoms with van der Waals surface area (Å²) in [5, 5.41) is 4.32. The summed E-state index contributed by atoms with van der Waals surface area (Å²) < 4.78 is 28.0. The Morgan fingerprint density at radius 1 is 1.15 bits per heavy atom. The summed E-state index contributed by atoms with van der Waals surface area (Å²) >= 11 is 7.61. The highest BCUT2D eigenvalue weighted by atomic mass is 35.5. The summed E-state index contributed by atoms with van der Waals surface area (Å²) in [6.45, 7) is 2.37. The van der Waals surface area contributed by atoms with E-state index in [0.29, 0.717) is 5.02 Å². The number of halogens is 1. The van der Waals surface area contributed by atoms with Crippen molar-refractivity contribution in [2.24, 2.45) is 4.99 Å². The number of hydrogen-bond acceptors (Lipinski definition) is 6. The predicted molar refractivity (Wildman–Crippen MR) is 134 cm³/mol. The molecule has 0 saturated carbocycles. The fraction of sp³-hybridized carbons (Fsp3) is 0.417. The Kier molecular flexibility index (Phi) is 7.69. The van der Waals surface area contributed by atoms with Gasteiger partial charge in [-0.1, -0.05) is 30.2 Å². The monoisotopic (exact) mass is 505 g/mol. The first kappa shape index (κ1) is 24.1. The van der Waals surface area contributed by atoms with Gasteiger partial charge in [-0.15, -0.1) is 11.3 Å². The lowest BCUT2D eigenvalue weighted by molar-refractivity contribution is -0.125. The van der Waals surface area contributed by atoms with Crippen molar-refractivity contribution in [3.63, 3.8) is 0 Å². The smallest absolute Gasteiger partial charge is 0.184 e. The molecule has 1 saturated heterocycles. The van der Waals surface area contributed by atoms with Crippen LogP contribution in [0.4, 0.5) is 0 Å². The Bertz CT molecular complexity index is 1310. The van der Waals surface area contributed by atoms with E-state index >= 15 is 0 Å². The molecule has 1 aliphatic rings. The van der Waals surface area contributed by atoms with Crippen LogP contribution in [-0.2, 0) is 21.2 Å². The third-order valence-electron chi connectivity index (χ3n) is 6.21. The SMILES string of the molecule is CN=c1sccn1CCN1CCCCC1C(=O)CCS(=O)(=O)c1ccc2cc(Cl)ccc2c1. The summed E-state index contributed by atoms with van der Waals surface area (Å²) in [6.07, 6.45) is 4.88. The molecule has 4 rings (SSSR count). The van der Waals surface area contributed by atoms with Crippen LogP contribution in [0, 0.1) is 0 Å². The molecular weight excluding hydrogens is 478 g/mol. The summed E-state index contributed by atoms with van der Waals surface area (Å²) in [7, 11) is -1.78. The zero-order valence-corrected chi connectivity index (χ0v) is 21.0. The van der Waals surface area contributed by atoms with Crippen LogP contribution in [0.3, 0.4) is 0 Å². The molecule has 6 nitrogen and oxygen atoms in total.